The third-order valence-corrected chi connectivity index (χ3v) is 4.01. The predicted octanol–water partition coefficient (Wildman–Crippen LogP) is 2.92. The van der Waals surface area contributed by atoms with Crippen LogP contribution in [0, 0.1) is 0 Å². The zero-order valence-corrected chi connectivity index (χ0v) is 13.2. The molecule has 0 aliphatic heterocycles. The Labute approximate surface area is 134 Å². The van der Waals surface area contributed by atoms with Crippen LogP contribution in [0.2, 0.25) is 0 Å². The van der Waals surface area contributed by atoms with Crippen molar-refractivity contribution in [2.75, 3.05) is 18.1 Å². The van der Waals surface area contributed by atoms with E-state index in [1.165, 1.54) is 5.56 Å². The molecular weight excluding hydrogens is 296 g/mol. The lowest BCUT2D eigenvalue weighted by molar-refractivity contribution is -0.113. The highest BCUT2D eigenvalue weighted by molar-refractivity contribution is 7.99. The molecule has 2 aromatic rings. The number of anilines is 1. The summed E-state index contributed by atoms with van der Waals surface area (Å²) >= 11 is 1.57. The summed E-state index contributed by atoms with van der Waals surface area (Å²) in [5.74, 6) is 1.01. The predicted molar refractivity (Wildman–Crippen MR) is 91.1 cm³/mol. The maximum atomic E-state index is 11.9. The van der Waals surface area contributed by atoms with Crippen molar-refractivity contribution >= 4 is 29.3 Å². The van der Waals surface area contributed by atoms with Gasteiger partial charge >= 0.3 is 0 Å². The molecule has 0 aromatic heterocycles. The fourth-order valence-corrected chi connectivity index (χ4v) is 2.67. The van der Waals surface area contributed by atoms with Gasteiger partial charge in [0.25, 0.3) is 5.91 Å². The van der Waals surface area contributed by atoms with E-state index in [0.717, 1.165) is 5.75 Å². The van der Waals surface area contributed by atoms with Crippen LogP contribution in [0.5, 0.6) is 0 Å². The van der Waals surface area contributed by atoms with E-state index in [0.29, 0.717) is 17.0 Å². The van der Waals surface area contributed by atoms with Gasteiger partial charge in [0.15, 0.2) is 0 Å². The summed E-state index contributed by atoms with van der Waals surface area (Å²) in [6, 6.07) is 16.9. The van der Waals surface area contributed by atoms with Crippen molar-refractivity contribution in [2.24, 2.45) is 0 Å². The molecule has 114 valence electrons. The number of benzene rings is 2. The number of thioether (sulfide) groups is 1. The van der Waals surface area contributed by atoms with Crippen LogP contribution < -0.4 is 10.6 Å². The highest BCUT2D eigenvalue weighted by Gasteiger charge is 2.05. The fourth-order valence-electron chi connectivity index (χ4n) is 1.88. The summed E-state index contributed by atoms with van der Waals surface area (Å²) in [5.41, 5.74) is 2.46. The van der Waals surface area contributed by atoms with Crippen LogP contribution in [0.4, 0.5) is 5.69 Å². The third kappa shape index (κ3) is 4.93. The number of rotatable bonds is 6. The van der Waals surface area contributed by atoms with Gasteiger partial charge in [-0.25, -0.2) is 0 Å². The summed E-state index contributed by atoms with van der Waals surface area (Å²) in [6.07, 6.45) is 0. The summed E-state index contributed by atoms with van der Waals surface area (Å²) in [7, 11) is 1.59. The molecule has 2 aromatic carbocycles. The van der Waals surface area contributed by atoms with Crippen LogP contribution in [0.1, 0.15) is 15.9 Å². The van der Waals surface area contributed by atoms with Crippen LogP contribution >= 0.6 is 11.8 Å². The second kappa shape index (κ2) is 8.24. The average molecular weight is 314 g/mol. The van der Waals surface area contributed by atoms with Crippen molar-refractivity contribution in [2.45, 2.75) is 5.75 Å². The van der Waals surface area contributed by atoms with E-state index < -0.39 is 0 Å². The van der Waals surface area contributed by atoms with E-state index in [1.807, 2.05) is 30.3 Å². The summed E-state index contributed by atoms with van der Waals surface area (Å²) in [4.78, 5) is 23.3. The van der Waals surface area contributed by atoms with Gasteiger partial charge in [-0.3, -0.25) is 9.59 Å². The molecule has 22 heavy (non-hydrogen) atoms. The molecule has 0 unspecified atom stereocenters. The minimum Gasteiger partial charge on any atom is -0.355 e. The number of nitrogens with one attached hydrogen (secondary N) is 2. The maximum absolute atomic E-state index is 11.9. The van der Waals surface area contributed by atoms with E-state index in [4.69, 9.17) is 0 Å². The average Bonchev–Trinajstić information content (AvgIpc) is 2.56. The van der Waals surface area contributed by atoms with E-state index in [9.17, 15) is 9.59 Å². The standard InChI is InChI=1S/C17H18N2O2S/c1-18-17(21)14-7-9-15(10-8-14)19-16(20)12-22-11-13-5-3-2-4-6-13/h2-10H,11-12H2,1H3,(H,18,21)(H,19,20). The Morgan fingerprint density at radius 3 is 2.32 bits per heavy atom. The quantitative estimate of drug-likeness (QED) is 0.862. The van der Waals surface area contributed by atoms with Crippen molar-refractivity contribution in [3.63, 3.8) is 0 Å². The van der Waals surface area contributed by atoms with E-state index >= 15 is 0 Å². The highest BCUT2D eigenvalue weighted by Crippen LogP contribution is 2.13. The summed E-state index contributed by atoms with van der Waals surface area (Å²) in [6.45, 7) is 0. The molecule has 0 fully saturated rings. The Hall–Kier alpha value is -2.27. The first-order valence-electron chi connectivity index (χ1n) is 6.92. The minimum absolute atomic E-state index is 0.0476. The zero-order chi connectivity index (χ0) is 15.8. The van der Waals surface area contributed by atoms with E-state index in [-0.39, 0.29) is 11.8 Å². The minimum atomic E-state index is -0.142. The lowest BCUT2D eigenvalue weighted by Crippen LogP contribution is -2.18. The van der Waals surface area contributed by atoms with Gasteiger partial charge in [-0.1, -0.05) is 30.3 Å². The van der Waals surface area contributed by atoms with Gasteiger partial charge < -0.3 is 10.6 Å². The molecule has 2 rings (SSSR count). The molecule has 0 heterocycles. The Bertz CT molecular complexity index is 627. The van der Waals surface area contributed by atoms with Gasteiger partial charge in [-0.2, -0.15) is 0 Å². The van der Waals surface area contributed by atoms with Gasteiger partial charge in [0.1, 0.15) is 0 Å². The number of carbonyl (C=O) groups excluding carboxylic acids is 2. The smallest absolute Gasteiger partial charge is 0.251 e. The number of hydrogen-bond donors (Lipinski definition) is 2. The lowest BCUT2D eigenvalue weighted by Gasteiger charge is -2.06. The normalized spacial score (nSPS) is 10.0. The van der Waals surface area contributed by atoms with Crippen LogP contribution in [0.15, 0.2) is 54.6 Å². The summed E-state index contributed by atoms with van der Waals surface area (Å²) < 4.78 is 0. The molecule has 5 heteroatoms. The summed E-state index contributed by atoms with van der Waals surface area (Å²) in [5, 5.41) is 5.38. The van der Waals surface area contributed by atoms with Crippen molar-refractivity contribution in [1.29, 1.82) is 0 Å². The molecule has 2 N–H and O–H groups in total. The van der Waals surface area contributed by atoms with Gasteiger partial charge in [0, 0.05) is 24.1 Å². The van der Waals surface area contributed by atoms with Gasteiger partial charge in [-0.15, -0.1) is 11.8 Å². The SMILES string of the molecule is CNC(=O)c1ccc(NC(=O)CSCc2ccccc2)cc1. The molecule has 0 spiro atoms. The highest BCUT2D eigenvalue weighted by atomic mass is 32.2. The number of amides is 2. The maximum Gasteiger partial charge on any atom is 0.251 e. The Morgan fingerprint density at radius 2 is 1.68 bits per heavy atom. The van der Waals surface area contributed by atoms with Crippen molar-refractivity contribution in [3.05, 3.63) is 65.7 Å². The zero-order valence-electron chi connectivity index (χ0n) is 12.3. The third-order valence-electron chi connectivity index (χ3n) is 3.00. The van der Waals surface area contributed by atoms with Crippen molar-refractivity contribution in [3.8, 4) is 0 Å². The largest absolute Gasteiger partial charge is 0.355 e. The fraction of sp³-hybridized carbons (Fsp3) is 0.176. The first-order chi connectivity index (χ1) is 10.7. The monoisotopic (exact) mass is 314 g/mol. The second-order valence-corrected chi connectivity index (χ2v) is 5.67. The van der Waals surface area contributed by atoms with Crippen LogP contribution in [-0.2, 0) is 10.5 Å². The number of hydrogen-bond acceptors (Lipinski definition) is 3. The molecule has 0 aliphatic carbocycles. The second-order valence-electron chi connectivity index (χ2n) is 4.68. The van der Waals surface area contributed by atoms with Crippen LogP contribution in [-0.4, -0.2) is 24.6 Å². The first kappa shape index (κ1) is 16.1. The molecule has 0 saturated heterocycles. The van der Waals surface area contributed by atoms with Gasteiger partial charge in [-0.05, 0) is 29.8 Å². The lowest BCUT2D eigenvalue weighted by atomic mass is 10.2. The van der Waals surface area contributed by atoms with Gasteiger partial charge in [0.05, 0.1) is 5.75 Å². The van der Waals surface area contributed by atoms with Crippen LogP contribution in [0.25, 0.3) is 0 Å². The molecular formula is C17H18N2O2S. The molecule has 0 radical (unpaired) electrons. The topological polar surface area (TPSA) is 58.2 Å². The van der Waals surface area contributed by atoms with Crippen molar-refractivity contribution in [1.82, 2.24) is 5.32 Å². The first-order valence-corrected chi connectivity index (χ1v) is 8.08. The van der Waals surface area contributed by atoms with Gasteiger partial charge in [0.2, 0.25) is 5.91 Å². The van der Waals surface area contributed by atoms with Crippen LogP contribution in [0.3, 0.4) is 0 Å². The Morgan fingerprint density at radius 1 is 1.00 bits per heavy atom. The van der Waals surface area contributed by atoms with E-state index in [1.54, 1.807) is 43.1 Å². The molecule has 4 nitrogen and oxygen atoms in total. The van der Waals surface area contributed by atoms with E-state index in [2.05, 4.69) is 10.6 Å². The molecule has 0 bridgehead atoms. The molecule has 0 aliphatic rings. The van der Waals surface area contributed by atoms with Crippen molar-refractivity contribution < 1.29 is 9.59 Å². The Balaban J connectivity index is 1.78. The Kier molecular flexibility index (Phi) is 6.03. The number of carbonyl (C=O) groups is 2. The molecule has 2 amide bonds. The molecule has 0 atom stereocenters. The molecule has 0 saturated carbocycles.